The van der Waals surface area contributed by atoms with Crippen LogP contribution in [0.1, 0.15) is 41.6 Å². The minimum absolute atomic E-state index is 0.0449. The van der Waals surface area contributed by atoms with Crippen molar-refractivity contribution in [2.45, 2.75) is 44.3 Å². The molecular weight excluding hydrogens is 340 g/mol. The monoisotopic (exact) mass is 370 g/mol. The quantitative estimate of drug-likeness (QED) is 0.836. The van der Waals surface area contributed by atoms with E-state index >= 15 is 0 Å². The summed E-state index contributed by atoms with van der Waals surface area (Å²) in [6.07, 6.45) is 5.45. The van der Waals surface area contributed by atoms with E-state index in [-0.39, 0.29) is 11.5 Å². The Morgan fingerprint density at radius 2 is 2.22 bits per heavy atom. The zero-order valence-electron chi connectivity index (χ0n) is 16.4. The van der Waals surface area contributed by atoms with Gasteiger partial charge in [0.2, 0.25) is 0 Å². The van der Waals surface area contributed by atoms with Crippen LogP contribution in [0.2, 0.25) is 0 Å². The fourth-order valence-corrected chi connectivity index (χ4v) is 5.66. The smallest absolute Gasteiger partial charge is 0.255 e. The molecule has 5 heteroatoms. The number of hydrogen-bond donors (Lipinski definition) is 1. The molecule has 3 heterocycles. The molecule has 0 radical (unpaired) electrons. The van der Waals surface area contributed by atoms with Gasteiger partial charge in [0.05, 0.1) is 24.4 Å². The standard InChI is InChI=1S/C22H30N2O3/c1-14-3-6-16(20(9-14)26-2)21(25)23-10-17-18-12-24(11-15-4-5-15)13-22(18)8-7-19(17)27-22/h3,6,9,15,17-19H,4-5,7-8,10-13H2,1-2H3,(H,23,25)/t17-,18+,19+,22+/m0/s1. The van der Waals surface area contributed by atoms with Crippen LogP contribution in [0, 0.1) is 24.7 Å². The number of amides is 1. The van der Waals surface area contributed by atoms with Crippen molar-refractivity contribution < 1.29 is 14.3 Å². The van der Waals surface area contributed by atoms with Crippen LogP contribution >= 0.6 is 0 Å². The molecule has 2 bridgehead atoms. The van der Waals surface area contributed by atoms with E-state index in [1.165, 1.54) is 25.8 Å². The van der Waals surface area contributed by atoms with Crippen LogP contribution < -0.4 is 10.1 Å². The minimum atomic E-state index is -0.0449. The largest absolute Gasteiger partial charge is 0.496 e. The van der Waals surface area contributed by atoms with Gasteiger partial charge in [-0.1, -0.05) is 6.07 Å². The Morgan fingerprint density at radius 3 is 3.00 bits per heavy atom. The summed E-state index contributed by atoms with van der Waals surface area (Å²) in [7, 11) is 1.62. The second kappa shape index (κ2) is 6.49. The van der Waals surface area contributed by atoms with Crippen molar-refractivity contribution in [2.75, 3.05) is 33.3 Å². The van der Waals surface area contributed by atoms with Gasteiger partial charge in [-0.25, -0.2) is 0 Å². The van der Waals surface area contributed by atoms with Gasteiger partial charge in [0.25, 0.3) is 5.91 Å². The molecule has 3 aliphatic heterocycles. The fourth-order valence-electron chi connectivity index (χ4n) is 5.66. The predicted molar refractivity (Wildman–Crippen MR) is 103 cm³/mol. The van der Waals surface area contributed by atoms with Crippen LogP contribution in [0.25, 0.3) is 0 Å². The van der Waals surface area contributed by atoms with E-state index in [1.807, 2.05) is 25.1 Å². The second-order valence-electron chi connectivity index (χ2n) is 9.08. The van der Waals surface area contributed by atoms with E-state index in [0.29, 0.717) is 35.8 Å². The summed E-state index contributed by atoms with van der Waals surface area (Å²) >= 11 is 0. The van der Waals surface area contributed by atoms with E-state index in [2.05, 4.69) is 10.2 Å². The first-order valence-corrected chi connectivity index (χ1v) is 10.4. The lowest BCUT2D eigenvalue weighted by molar-refractivity contribution is 0.00244. The van der Waals surface area contributed by atoms with Crippen molar-refractivity contribution in [3.63, 3.8) is 0 Å². The lowest BCUT2D eigenvalue weighted by Crippen LogP contribution is -2.42. The average molecular weight is 370 g/mol. The van der Waals surface area contributed by atoms with E-state index in [4.69, 9.17) is 9.47 Å². The van der Waals surface area contributed by atoms with Gasteiger partial charge < -0.3 is 14.8 Å². The maximum absolute atomic E-state index is 12.8. The van der Waals surface area contributed by atoms with Gasteiger partial charge in [-0.15, -0.1) is 0 Å². The maximum Gasteiger partial charge on any atom is 0.255 e. The molecule has 1 aromatic carbocycles. The molecule has 5 rings (SSSR count). The Bertz CT molecular complexity index is 747. The van der Waals surface area contributed by atoms with Gasteiger partial charge in [0.1, 0.15) is 5.75 Å². The van der Waals surface area contributed by atoms with Crippen LogP contribution in [0.5, 0.6) is 5.75 Å². The topological polar surface area (TPSA) is 50.8 Å². The van der Waals surface area contributed by atoms with Crippen LogP contribution in [-0.2, 0) is 4.74 Å². The first-order valence-electron chi connectivity index (χ1n) is 10.4. The zero-order valence-corrected chi connectivity index (χ0v) is 16.4. The molecule has 4 fully saturated rings. The van der Waals surface area contributed by atoms with Crippen molar-refractivity contribution in [1.29, 1.82) is 0 Å². The maximum atomic E-state index is 12.8. The zero-order chi connectivity index (χ0) is 18.6. The molecule has 3 saturated heterocycles. The summed E-state index contributed by atoms with van der Waals surface area (Å²) in [4.78, 5) is 15.4. The predicted octanol–water partition coefficient (Wildman–Crippen LogP) is 2.62. The van der Waals surface area contributed by atoms with Crippen LogP contribution in [0.15, 0.2) is 18.2 Å². The Hall–Kier alpha value is -1.59. The van der Waals surface area contributed by atoms with Crippen molar-refractivity contribution in [2.24, 2.45) is 17.8 Å². The van der Waals surface area contributed by atoms with Gasteiger partial charge in [0, 0.05) is 38.0 Å². The first-order chi connectivity index (χ1) is 13.1. The SMILES string of the molecule is COc1cc(C)ccc1C(=O)NC[C@H]1[C@H]2CN(CC3CC3)C[C@]23CC[C@H]1O3. The lowest BCUT2D eigenvalue weighted by atomic mass is 9.73. The van der Waals surface area contributed by atoms with Crippen molar-refractivity contribution in [3.05, 3.63) is 29.3 Å². The van der Waals surface area contributed by atoms with E-state index in [9.17, 15) is 4.79 Å². The number of ether oxygens (including phenoxy) is 2. The highest BCUT2D eigenvalue weighted by molar-refractivity contribution is 5.97. The van der Waals surface area contributed by atoms with Crippen LogP contribution in [0.4, 0.5) is 0 Å². The number of carbonyl (C=O) groups excluding carboxylic acids is 1. The average Bonchev–Trinajstić information content (AvgIpc) is 3.15. The van der Waals surface area contributed by atoms with Gasteiger partial charge in [-0.05, 0) is 56.2 Å². The molecule has 4 atom stereocenters. The summed E-state index contributed by atoms with van der Waals surface area (Å²) in [5, 5.41) is 3.18. The van der Waals surface area contributed by atoms with E-state index in [1.54, 1.807) is 7.11 Å². The minimum Gasteiger partial charge on any atom is -0.496 e. The number of nitrogens with zero attached hydrogens (tertiary/aromatic N) is 1. The molecular formula is C22H30N2O3. The number of carbonyl (C=O) groups is 1. The third-order valence-corrected chi connectivity index (χ3v) is 7.17. The number of fused-ring (bicyclic) bond motifs is 1. The summed E-state index contributed by atoms with van der Waals surface area (Å²) in [6, 6.07) is 5.73. The molecule has 27 heavy (non-hydrogen) atoms. The van der Waals surface area contributed by atoms with Gasteiger partial charge in [-0.2, -0.15) is 0 Å². The first kappa shape index (κ1) is 17.5. The molecule has 146 valence electrons. The number of benzene rings is 1. The number of hydrogen-bond acceptors (Lipinski definition) is 4. The summed E-state index contributed by atoms with van der Waals surface area (Å²) < 4.78 is 11.9. The Kier molecular flexibility index (Phi) is 4.21. The van der Waals surface area contributed by atoms with Crippen molar-refractivity contribution in [1.82, 2.24) is 10.2 Å². The summed E-state index contributed by atoms with van der Waals surface area (Å²) in [5.41, 5.74) is 1.77. The van der Waals surface area contributed by atoms with E-state index < -0.39 is 0 Å². The van der Waals surface area contributed by atoms with Crippen LogP contribution in [0.3, 0.4) is 0 Å². The van der Waals surface area contributed by atoms with Gasteiger partial charge in [0.15, 0.2) is 0 Å². The molecule has 1 N–H and O–H groups in total. The fraction of sp³-hybridized carbons (Fsp3) is 0.682. The van der Waals surface area contributed by atoms with Crippen LogP contribution in [-0.4, -0.2) is 55.8 Å². The van der Waals surface area contributed by atoms with Gasteiger partial charge in [-0.3, -0.25) is 9.69 Å². The summed E-state index contributed by atoms with van der Waals surface area (Å²) in [5.74, 6) is 2.52. The number of aryl methyl sites for hydroxylation is 1. The Balaban J connectivity index is 1.25. The second-order valence-corrected chi connectivity index (χ2v) is 9.08. The highest BCUT2D eigenvalue weighted by Crippen LogP contribution is 2.55. The van der Waals surface area contributed by atoms with E-state index in [0.717, 1.165) is 31.0 Å². The number of likely N-dealkylation sites (tertiary alicyclic amines) is 1. The molecule has 0 unspecified atom stereocenters. The molecule has 1 amide bonds. The summed E-state index contributed by atoms with van der Waals surface area (Å²) in [6.45, 7) is 6.18. The molecule has 1 saturated carbocycles. The number of methoxy groups -OCH3 is 1. The Morgan fingerprint density at radius 1 is 1.37 bits per heavy atom. The normalized spacial score (nSPS) is 34.7. The Labute approximate surface area is 161 Å². The highest BCUT2D eigenvalue weighted by Gasteiger charge is 2.62. The molecule has 4 aliphatic rings. The molecule has 5 nitrogen and oxygen atoms in total. The molecule has 0 aromatic heterocycles. The molecule has 1 spiro atoms. The van der Waals surface area contributed by atoms with Gasteiger partial charge >= 0.3 is 0 Å². The lowest BCUT2D eigenvalue weighted by Gasteiger charge is -2.29. The van der Waals surface area contributed by atoms with Crippen molar-refractivity contribution >= 4 is 5.91 Å². The molecule has 1 aliphatic carbocycles. The highest BCUT2D eigenvalue weighted by atomic mass is 16.5. The third kappa shape index (κ3) is 3.05. The molecule has 1 aromatic rings. The number of nitrogens with one attached hydrogen (secondary N) is 1. The number of rotatable bonds is 6. The van der Waals surface area contributed by atoms with Crippen molar-refractivity contribution in [3.8, 4) is 5.75 Å². The third-order valence-electron chi connectivity index (χ3n) is 7.17.